The summed E-state index contributed by atoms with van der Waals surface area (Å²) in [5.74, 6) is 0.428. The Kier molecular flexibility index (Phi) is 2.02. The zero-order valence-corrected chi connectivity index (χ0v) is 7.60. The van der Waals surface area contributed by atoms with Crippen LogP contribution in [0.3, 0.4) is 0 Å². The third-order valence-electron chi connectivity index (χ3n) is 2.32. The number of nitrogens with zero attached hydrogens (tertiary/aromatic N) is 1. The van der Waals surface area contributed by atoms with E-state index in [2.05, 4.69) is 4.98 Å². The number of nitrogens with two attached hydrogens (primary N) is 1. The summed E-state index contributed by atoms with van der Waals surface area (Å²) in [5.41, 5.74) is 6.74. The largest absolute Gasteiger partial charge is 0.396 e. The highest BCUT2D eigenvalue weighted by Gasteiger charge is 2.20. The normalized spacial score (nSPS) is 22.2. The van der Waals surface area contributed by atoms with Crippen LogP contribution in [0.2, 0.25) is 0 Å². The average molecular weight is 184 g/mol. The fourth-order valence-corrected chi connectivity index (χ4v) is 2.61. The molecule has 0 amide bonds. The number of nitrogen functional groups attached to an aromatic ring is 1. The van der Waals surface area contributed by atoms with Crippen molar-refractivity contribution in [1.29, 1.82) is 0 Å². The molecule has 66 valence electrons. The third kappa shape index (κ3) is 1.32. The van der Waals surface area contributed by atoms with E-state index in [1.807, 2.05) is 0 Å². The predicted molar refractivity (Wildman–Crippen MR) is 49.1 cm³/mol. The number of aryl methyl sites for hydroxylation is 1. The number of thiazole rings is 1. The van der Waals surface area contributed by atoms with E-state index in [1.54, 1.807) is 11.3 Å². The number of aromatic nitrogens is 1. The van der Waals surface area contributed by atoms with Crippen molar-refractivity contribution in [1.82, 2.24) is 4.98 Å². The fourth-order valence-electron chi connectivity index (χ4n) is 1.62. The number of rotatable bonds is 1. The lowest BCUT2D eigenvalue weighted by Gasteiger charge is -2.17. The summed E-state index contributed by atoms with van der Waals surface area (Å²) in [6.07, 6.45) is 2.99. The van der Waals surface area contributed by atoms with Gasteiger partial charge in [0.1, 0.15) is 0 Å². The maximum Gasteiger partial charge on any atom is 0.180 e. The first-order valence-corrected chi connectivity index (χ1v) is 4.96. The Bertz CT molecular complexity index is 285. The first-order valence-electron chi connectivity index (χ1n) is 4.14. The molecule has 2 rings (SSSR count). The van der Waals surface area contributed by atoms with Crippen molar-refractivity contribution < 1.29 is 5.11 Å². The molecule has 0 fully saturated rings. The Balaban J connectivity index is 2.22. The molecular weight excluding hydrogens is 172 g/mol. The van der Waals surface area contributed by atoms with E-state index in [0.717, 1.165) is 25.0 Å². The van der Waals surface area contributed by atoms with E-state index in [4.69, 9.17) is 10.8 Å². The molecule has 0 bridgehead atoms. The van der Waals surface area contributed by atoms with Gasteiger partial charge in [-0.25, -0.2) is 4.98 Å². The Morgan fingerprint density at radius 3 is 3.25 bits per heavy atom. The van der Waals surface area contributed by atoms with Gasteiger partial charge in [0.2, 0.25) is 0 Å². The lowest BCUT2D eigenvalue weighted by atomic mass is 9.92. The zero-order chi connectivity index (χ0) is 8.55. The van der Waals surface area contributed by atoms with Crippen LogP contribution < -0.4 is 5.73 Å². The molecule has 3 nitrogen and oxygen atoms in total. The van der Waals surface area contributed by atoms with Crippen LogP contribution in [0.5, 0.6) is 0 Å². The molecular formula is C8H12N2OS. The standard InChI is InChI=1S/C8H12N2OS/c9-8-10-6-2-1-5(4-11)3-7(6)12-8/h5,11H,1-4H2,(H2,9,10). The maximum atomic E-state index is 8.98. The number of hydrogen-bond donors (Lipinski definition) is 2. The van der Waals surface area contributed by atoms with Gasteiger partial charge in [-0.15, -0.1) is 11.3 Å². The van der Waals surface area contributed by atoms with E-state index in [0.29, 0.717) is 11.0 Å². The van der Waals surface area contributed by atoms with Crippen LogP contribution in [0.4, 0.5) is 5.13 Å². The average Bonchev–Trinajstić information content (AvgIpc) is 2.43. The van der Waals surface area contributed by atoms with Crippen LogP contribution in [0.25, 0.3) is 0 Å². The molecule has 4 heteroatoms. The number of aliphatic hydroxyl groups is 1. The molecule has 0 aromatic carbocycles. The van der Waals surface area contributed by atoms with E-state index >= 15 is 0 Å². The van der Waals surface area contributed by atoms with Crippen molar-refractivity contribution in [2.24, 2.45) is 5.92 Å². The fraction of sp³-hybridized carbons (Fsp3) is 0.625. The molecule has 0 radical (unpaired) electrons. The Hall–Kier alpha value is -0.610. The summed E-state index contributed by atoms with van der Waals surface area (Å²) < 4.78 is 0. The molecule has 1 unspecified atom stereocenters. The molecule has 1 aromatic rings. The second kappa shape index (κ2) is 3.03. The smallest absolute Gasteiger partial charge is 0.180 e. The molecule has 1 aliphatic rings. The summed E-state index contributed by atoms with van der Waals surface area (Å²) in [7, 11) is 0. The van der Waals surface area contributed by atoms with Gasteiger partial charge in [-0.05, 0) is 25.2 Å². The minimum atomic E-state index is 0.289. The van der Waals surface area contributed by atoms with Gasteiger partial charge >= 0.3 is 0 Å². The zero-order valence-electron chi connectivity index (χ0n) is 6.79. The predicted octanol–water partition coefficient (Wildman–Crippen LogP) is 0.823. The second-order valence-corrected chi connectivity index (χ2v) is 4.33. The van der Waals surface area contributed by atoms with Crippen molar-refractivity contribution in [3.05, 3.63) is 10.6 Å². The van der Waals surface area contributed by atoms with Gasteiger partial charge in [-0.2, -0.15) is 0 Å². The van der Waals surface area contributed by atoms with Crippen molar-refractivity contribution in [3.8, 4) is 0 Å². The van der Waals surface area contributed by atoms with Crippen LogP contribution in [0.1, 0.15) is 17.0 Å². The van der Waals surface area contributed by atoms with Crippen molar-refractivity contribution in [2.75, 3.05) is 12.3 Å². The Morgan fingerprint density at radius 2 is 2.50 bits per heavy atom. The van der Waals surface area contributed by atoms with Crippen LogP contribution in [-0.4, -0.2) is 16.7 Å². The summed E-state index contributed by atoms with van der Waals surface area (Å²) in [4.78, 5) is 5.51. The van der Waals surface area contributed by atoms with Crippen LogP contribution >= 0.6 is 11.3 Å². The summed E-state index contributed by atoms with van der Waals surface area (Å²) >= 11 is 1.56. The van der Waals surface area contributed by atoms with Gasteiger partial charge in [0.15, 0.2) is 5.13 Å². The first-order chi connectivity index (χ1) is 5.79. The molecule has 12 heavy (non-hydrogen) atoms. The monoisotopic (exact) mass is 184 g/mol. The molecule has 0 saturated heterocycles. The maximum absolute atomic E-state index is 8.98. The number of hydrogen-bond acceptors (Lipinski definition) is 4. The quantitative estimate of drug-likeness (QED) is 0.679. The highest BCUT2D eigenvalue weighted by atomic mass is 32.1. The van der Waals surface area contributed by atoms with Gasteiger partial charge in [0.05, 0.1) is 5.69 Å². The van der Waals surface area contributed by atoms with Crippen molar-refractivity contribution in [3.63, 3.8) is 0 Å². The number of anilines is 1. The van der Waals surface area contributed by atoms with Gasteiger partial charge < -0.3 is 10.8 Å². The topological polar surface area (TPSA) is 59.1 Å². The minimum Gasteiger partial charge on any atom is -0.396 e. The highest BCUT2D eigenvalue weighted by Crippen LogP contribution is 2.30. The SMILES string of the molecule is Nc1nc2c(s1)CC(CO)CC2. The first kappa shape index (κ1) is 8.01. The van der Waals surface area contributed by atoms with Gasteiger partial charge in [0, 0.05) is 11.5 Å². The van der Waals surface area contributed by atoms with Gasteiger partial charge in [-0.1, -0.05) is 0 Å². The van der Waals surface area contributed by atoms with Gasteiger partial charge in [0.25, 0.3) is 0 Å². The lowest BCUT2D eigenvalue weighted by Crippen LogP contribution is -2.16. The highest BCUT2D eigenvalue weighted by molar-refractivity contribution is 7.15. The van der Waals surface area contributed by atoms with Crippen molar-refractivity contribution >= 4 is 16.5 Å². The van der Waals surface area contributed by atoms with Crippen LogP contribution in [0, 0.1) is 5.92 Å². The second-order valence-electron chi connectivity index (χ2n) is 3.21. The van der Waals surface area contributed by atoms with E-state index in [-0.39, 0.29) is 6.61 Å². The summed E-state index contributed by atoms with van der Waals surface area (Å²) in [5, 5.41) is 9.64. The molecule has 0 aliphatic heterocycles. The molecule has 1 aliphatic carbocycles. The molecule has 1 heterocycles. The van der Waals surface area contributed by atoms with E-state index < -0.39 is 0 Å². The number of fused-ring (bicyclic) bond motifs is 1. The summed E-state index contributed by atoms with van der Waals surface area (Å²) in [6, 6.07) is 0. The lowest BCUT2D eigenvalue weighted by molar-refractivity contribution is 0.214. The third-order valence-corrected chi connectivity index (χ3v) is 3.27. The molecule has 3 N–H and O–H groups in total. The molecule has 1 atom stereocenters. The van der Waals surface area contributed by atoms with Crippen LogP contribution in [-0.2, 0) is 12.8 Å². The van der Waals surface area contributed by atoms with Gasteiger partial charge in [-0.3, -0.25) is 0 Å². The van der Waals surface area contributed by atoms with Crippen LogP contribution in [0.15, 0.2) is 0 Å². The molecule has 0 saturated carbocycles. The van der Waals surface area contributed by atoms with Crippen molar-refractivity contribution in [2.45, 2.75) is 19.3 Å². The number of aliphatic hydroxyl groups excluding tert-OH is 1. The Morgan fingerprint density at radius 1 is 1.67 bits per heavy atom. The molecule has 1 aromatic heterocycles. The summed E-state index contributed by atoms with van der Waals surface area (Å²) in [6.45, 7) is 0.289. The Labute approximate surface area is 75.2 Å². The van der Waals surface area contributed by atoms with E-state index in [9.17, 15) is 0 Å². The minimum absolute atomic E-state index is 0.289. The molecule has 0 spiro atoms. The van der Waals surface area contributed by atoms with E-state index in [1.165, 1.54) is 4.88 Å².